The molecule has 0 aliphatic heterocycles. The molecule has 0 spiro atoms. The number of azo groups is 2. The van der Waals surface area contributed by atoms with Gasteiger partial charge >= 0.3 is 0 Å². The molecule has 0 fully saturated rings. The molecular weight excluding hydrogens is 679 g/mol. The summed E-state index contributed by atoms with van der Waals surface area (Å²) < 4.78 is 0. The van der Waals surface area contributed by atoms with Gasteiger partial charge in [0.2, 0.25) is 0 Å². The van der Waals surface area contributed by atoms with E-state index in [0.29, 0.717) is 46.1 Å². The molecule has 0 aliphatic carbocycles. The first-order chi connectivity index (χ1) is 23.2. The predicted molar refractivity (Wildman–Crippen MR) is 172 cm³/mol. The quantitative estimate of drug-likeness (QED) is 0.0508. The van der Waals surface area contributed by atoms with E-state index in [1.807, 2.05) is 0 Å². The van der Waals surface area contributed by atoms with Crippen LogP contribution in [-0.4, -0.2) is 42.6 Å². The van der Waals surface area contributed by atoms with Gasteiger partial charge in [0.25, 0.3) is 11.4 Å². The first kappa shape index (κ1) is 35.0. The molecule has 0 saturated heterocycles. The summed E-state index contributed by atoms with van der Waals surface area (Å²) in [7, 11) is 0. The number of benzene rings is 4. The number of carbonyl (C=O) groups is 2. The number of nitro groups is 2. The number of hydrogen-bond acceptors (Lipinski definition) is 14. The molecule has 0 atom stereocenters. The van der Waals surface area contributed by atoms with E-state index < -0.39 is 9.85 Å². The van der Waals surface area contributed by atoms with Crippen molar-refractivity contribution in [3.8, 4) is 11.5 Å². The van der Waals surface area contributed by atoms with Crippen LogP contribution in [0.25, 0.3) is 21.8 Å². The van der Waals surface area contributed by atoms with Gasteiger partial charge in [0.05, 0.1) is 43.7 Å². The van der Waals surface area contributed by atoms with Gasteiger partial charge < -0.3 is 10.2 Å². The average Bonchev–Trinajstić information content (AvgIpc) is 3.12. The molecule has 0 saturated carbocycles. The van der Waals surface area contributed by atoms with Crippen LogP contribution in [0.1, 0.15) is 20.7 Å². The Hall–Kier alpha value is -6.84. The standard InChI is InChI=1S/2C16H10N4O4.Mn/c2*21-9-10-8-14(13-2-1-7-17-15(13)16(10)22)19-18-11-3-5-12(6-4-11)20(23)24;/h2*1-9,22H;. The van der Waals surface area contributed by atoms with Crippen LogP contribution < -0.4 is 0 Å². The van der Waals surface area contributed by atoms with E-state index >= 15 is 0 Å². The molecule has 0 amide bonds. The molecule has 17 heteroatoms. The molecule has 0 bridgehead atoms. The number of aromatic hydroxyl groups is 2. The number of phenolic OH excluding ortho intramolecular Hbond substituents is 2. The van der Waals surface area contributed by atoms with E-state index in [-0.39, 0.29) is 62.1 Å². The molecule has 4 aromatic carbocycles. The summed E-state index contributed by atoms with van der Waals surface area (Å²) in [6.07, 6.45) is 4.00. The van der Waals surface area contributed by atoms with Gasteiger partial charge in [-0.3, -0.25) is 39.8 Å². The second kappa shape index (κ2) is 15.6. The summed E-state index contributed by atoms with van der Waals surface area (Å²) in [5, 5.41) is 58.5. The second-order valence-electron chi connectivity index (χ2n) is 9.65. The minimum atomic E-state index is -0.504. The zero-order chi connectivity index (χ0) is 34.2. The molecule has 2 aromatic heterocycles. The van der Waals surface area contributed by atoms with E-state index in [9.17, 15) is 40.0 Å². The Morgan fingerprint density at radius 2 is 0.959 bits per heavy atom. The third-order valence-corrected chi connectivity index (χ3v) is 6.67. The smallest absolute Gasteiger partial charge is 0.269 e. The fraction of sp³-hybridized carbons (Fsp3) is 0. The maximum Gasteiger partial charge on any atom is 0.269 e. The zero-order valence-corrected chi connectivity index (χ0v) is 25.9. The van der Waals surface area contributed by atoms with Gasteiger partial charge in [-0.2, -0.15) is 10.2 Å². The van der Waals surface area contributed by atoms with Crippen molar-refractivity contribution in [3.05, 3.63) is 129 Å². The summed E-state index contributed by atoms with van der Waals surface area (Å²) in [4.78, 5) is 50.5. The van der Waals surface area contributed by atoms with E-state index in [2.05, 4.69) is 30.4 Å². The summed E-state index contributed by atoms with van der Waals surface area (Å²) in [5.41, 5.74) is 2.06. The molecule has 6 rings (SSSR count). The Kier molecular flexibility index (Phi) is 11.2. The Morgan fingerprint density at radius 3 is 1.29 bits per heavy atom. The monoisotopic (exact) mass is 699 g/mol. The number of non-ortho nitro benzene ring substituents is 2. The van der Waals surface area contributed by atoms with E-state index in [0.717, 1.165) is 0 Å². The fourth-order valence-corrected chi connectivity index (χ4v) is 4.31. The topological polar surface area (TPSA) is 236 Å². The second-order valence-corrected chi connectivity index (χ2v) is 9.65. The van der Waals surface area contributed by atoms with Crippen molar-refractivity contribution in [2.24, 2.45) is 20.5 Å². The van der Waals surface area contributed by atoms with Crippen LogP contribution in [0.3, 0.4) is 0 Å². The molecule has 243 valence electrons. The van der Waals surface area contributed by atoms with E-state index in [1.165, 1.54) is 73.1 Å². The first-order valence-corrected chi connectivity index (χ1v) is 13.6. The molecule has 49 heavy (non-hydrogen) atoms. The first-order valence-electron chi connectivity index (χ1n) is 13.6. The minimum Gasteiger partial charge on any atom is -0.505 e. The molecule has 6 aromatic rings. The summed E-state index contributed by atoms with van der Waals surface area (Å²) in [5.74, 6) is -0.426. The zero-order valence-electron chi connectivity index (χ0n) is 24.7. The Morgan fingerprint density at radius 1 is 0.592 bits per heavy atom. The summed E-state index contributed by atoms with van der Waals surface area (Å²) in [6, 6.07) is 20.7. The average molecular weight is 699 g/mol. The number of hydrogen-bond donors (Lipinski definition) is 2. The van der Waals surface area contributed by atoms with Crippen LogP contribution >= 0.6 is 0 Å². The van der Waals surface area contributed by atoms with Crippen LogP contribution in [-0.2, 0) is 17.1 Å². The van der Waals surface area contributed by atoms with Gasteiger partial charge in [-0.05, 0) is 60.7 Å². The van der Waals surface area contributed by atoms with Crippen molar-refractivity contribution in [2.45, 2.75) is 0 Å². The Bertz CT molecular complexity index is 2100. The molecule has 2 N–H and O–H groups in total. The molecule has 16 nitrogen and oxygen atoms in total. The van der Waals surface area contributed by atoms with Gasteiger partial charge in [0.1, 0.15) is 11.0 Å². The van der Waals surface area contributed by atoms with Crippen LogP contribution in [0.4, 0.5) is 34.1 Å². The van der Waals surface area contributed by atoms with E-state index in [1.54, 1.807) is 24.3 Å². The number of nitrogens with zero attached hydrogens (tertiary/aromatic N) is 8. The Balaban J connectivity index is 0.000000216. The van der Waals surface area contributed by atoms with E-state index in [4.69, 9.17) is 0 Å². The van der Waals surface area contributed by atoms with Gasteiger partial charge in [-0.15, -0.1) is 10.2 Å². The predicted octanol–water partition coefficient (Wildman–Crippen LogP) is 8.15. The number of nitro benzene ring substituents is 2. The number of fused-ring (bicyclic) bond motifs is 2. The number of phenols is 2. The van der Waals surface area contributed by atoms with Crippen LogP contribution in [0.15, 0.2) is 118 Å². The van der Waals surface area contributed by atoms with Crippen LogP contribution in [0.2, 0.25) is 0 Å². The SMILES string of the molecule is O=Cc1cc(N=Nc2ccc([N+](=O)[O-])cc2)c2cccnc2c1O.O=Cc1cc(N=Nc2ccc([N+](=O)[O-])cc2)c2cccnc2c1O.[Mn]. The maximum atomic E-state index is 11.1. The van der Waals surface area contributed by atoms with Gasteiger partial charge in [0, 0.05) is 64.5 Å². The third-order valence-electron chi connectivity index (χ3n) is 6.67. The van der Waals surface area contributed by atoms with Gasteiger partial charge in [-0.25, -0.2) is 0 Å². The summed E-state index contributed by atoms with van der Waals surface area (Å²) in [6.45, 7) is 0. The minimum absolute atomic E-state index is 0. The number of pyridine rings is 2. The number of aldehydes is 2. The molecule has 1 radical (unpaired) electrons. The largest absolute Gasteiger partial charge is 0.505 e. The van der Waals surface area contributed by atoms with Crippen molar-refractivity contribution in [2.75, 3.05) is 0 Å². The van der Waals surface area contributed by atoms with Gasteiger partial charge in [-0.1, -0.05) is 0 Å². The van der Waals surface area contributed by atoms with Crippen molar-refractivity contribution in [1.82, 2.24) is 9.97 Å². The van der Waals surface area contributed by atoms with Gasteiger partial charge in [0.15, 0.2) is 24.1 Å². The van der Waals surface area contributed by atoms with Crippen molar-refractivity contribution < 1.29 is 46.7 Å². The van der Waals surface area contributed by atoms with Crippen LogP contribution in [0.5, 0.6) is 11.5 Å². The van der Waals surface area contributed by atoms with Crippen molar-refractivity contribution in [1.29, 1.82) is 0 Å². The Labute approximate surface area is 285 Å². The van der Waals surface area contributed by atoms with Crippen molar-refractivity contribution in [3.63, 3.8) is 0 Å². The van der Waals surface area contributed by atoms with Crippen LogP contribution in [0, 0.1) is 20.2 Å². The third kappa shape index (κ3) is 7.94. The fourth-order valence-electron chi connectivity index (χ4n) is 4.31. The molecule has 0 unspecified atom stereocenters. The molecule has 0 aliphatic rings. The molecule has 2 heterocycles. The summed E-state index contributed by atoms with van der Waals surface area (Å²) >= 11 is 0. The van der Waals surface area contributed by atoms with Crippen molar-refractivity contribution >= 4 is 68.5 Å². The number of rotatable bonds is 8. The normalized spacial score (nSPS) is 10.8. The maximum absolute atomic E-state index is 11.1. The number of carbonyl (C=O) groups excluding carboxylic acids is 2. The molecular formula is C32H20MnN8O8. The number of aromatic nitrogens is 2.